The Labute approximate surface area is 104 Å². The van der Waals surface area contributed by atoms with Gasteiger partial charge in [0.25, 0.3) is 0 Å². The molecule has 0 aliphatic heterocycles. The van der Waals surface area contributed by atoms with E-state index in [1.165, 1.54) is 11.1 Å². The highest BCUT2D eigenvalue weighted by Gasteiger charge is 2.19. The second kappa shape index (κ2) is 5.00. The van der Waals surface area contributed by atoms with Gasteiger partial charge in [0.15, 0.2) is 0 Å². The Kier molecular flexibility index (Phi) is 3.64. The van der Waals surface area contributed by atoms with Crippen molar-refractivity contribution in [2.45, 2.75) is 31.0 Å². The number of halogens is 1. The van der Waals surface area contributed by atoms with Crippen LogP contribution in [0, 0.1) is 0 Å². The Hall–Kier alpha value is -0.830. The van der Waals surface area contributed by atoms with E-state index in [0.717, 1.165) is 18.4 Å². The minimum absolute atomic E-state index is 0.143. The van der Waals surface area contributed by atoms with Crippen LogP contribution in [0.1, 0.15) is 23.6 Å². The third-order valence-corrected chi connectivity index (χ3v) is 3.45. The number of hydrogen-bond donors (Lipinski definition) is 0. The number of rotatable bonds is 3. The van der Waals surface area contributed by atoms with Gasteiger partial charge >= 0.3 is 5.97 Å². The molecule has 0 radical (unpaired) electrons. The first-order chi connectivity index (χ1) is 7.69. The van der Waals surface area contributed by atoms with Crippen LogP contribution >= 0.6 is 15.9 Å². The summed E-state index contributed by atoms with van der Waals surface area (Å²) in [5.74, 6) is -0.143. The van der Waals surface area contributed by atoms with Gasteiger partial charge in [0.1, 0.15) is 0 Å². The SMILES string of the molecule is CCOC(=O)Cc1ccc2c(c1)CC(Br)C2. The molecule has 0 N–H and O–H groups in total. The second-order valence-electron chi connectivity index (χ2n) is 4.09. The van der Waals surface area contributed by atoms with Crippen LogP contribution in [0.3, 0.4) is 0 Å². The Morgan fingerprint density at radius 3 is 2.94 bits per heavy atom. The first-order valence-corrected chi connectivity index (χ1v) is 6.51. The Morgan fingerprint density at radius 1 is 1.44 bits per heavy atom. The second-order valence-corrected chi connectivity index (χ2v) is 5.39. The lowest BCUT2D eigenvalue weighted by atomic mass is 10.0. The quantitative estimate of drug-likeness (QED) is 0.629. The molecule has 1 aliphatic carbocycles. The highest BCUT2D eigenvalue weighted by Crippen LogP contribution is 2.27. The first-order valence-electron chi connectivity index (χ1n) is 5.59. The minimum atomic E-state index is -0.143. The molecule has 0 bridgehead atoms. The fourth-order valence-electron chi connectivity index (χ4n) is 2.11. The number of fused-ring (bicyclic) bond motifs is 1. The first kappa shape index (κ1) is 11.6. The van der Waals surface area contributed by atoms with Crippen molar-refractivity contribution in [3.63, 3.8) is 0 Å². The summed E-state index contributed by atoms with van der Waals surface area (Å²) < 4.78 is 4.94. The number of ether oxygens (including phenoxy) is 1. The van der Waals surface area contributed by atoms with E-state index in [9.17, 15) is 4.79 Å². The summed E-state index contributed by atoms with van der Waals surface area (Å²) in [5, 5.41) is 0. The molecule has 0 amide bonds. The molecule has 2 nitrogen and oxygen atoms in total. The number of carbonyl (C=O) groups excluding carboxylic acids is 1. The van der Waals surface area contributed by atoms with Crippen LogP contribution in [0.15, 0.2) is 18.2 Å². The van der Waals surface area contributed by atoms with E-state index in [1.807, 2.05) is 13.0 Å². The Bertz CT molecular complexity index is 401. The molecule has 3 heteroatoms. The summed E-state index contributed by atoms with van der Waals surface area (Å²) in [6.07, 6.45) is 2.54. The summed E-state index contributed by atoms with van der Waals surface area (Å²) in [4.78, 5) is 11.9. The minimum Gasteiger partial charge on any atom is -0.466 e. The van der Waals surface area contributed by atoms with E-state index in [1.54, 1.807) is 0 Å². The summed E-state index contributed by atoms with van der Waals surface area (Å²) >= 11 is 3.63. The van der Waals surface area contributed by atoms with E-state index >= 15 is 0 Å². The van der Waals surface area contributed by atoms with Gasteiger partial charge in [-0.2, -0.15) is 0 Å². The number of esters is 1. The number of benzene rings is 1. The molecule has 0 saturated heterocycles. The molecule has 0 spiro atoms. The number of alkyl halides is 1. The summed E-state index contributed by atoms with van der Waals surface area (Å²) in [5.41, 5.74) is 3.82. The van der Waals surface area contributed by atoms with Crippen LogP contribution in [0.4, 0.5) is 0 Å². The van der Waals surface area contributed by atoms with Crippen molar-refractivity contribution in [1.29, 1.82) is 0 Å². The average Bonchev–Trinajstić information content (AvgIpc) is 2.57. The van der Waals surface area contributed by atoms with Gasteiger partial charge in [-0.05, 0) is 36.5 Å². The molecule has 1 aromatic rings. The van der Waals surface area contributed by atoms with Gasteiger partial charge in [0.2, 0.25) is 0 Å². The van der Waals surface area contributed by atoms with Gasteiger partial charge in [0.05, 0.1) is 13.0 Å². The third kappa shape index (κ3) is 2.64. The van der Waals surface area contributed by atoms with Crippen LogP contribution in [0.25, 0.3) is 0 Å². The lowest BCUT2D eigenvalue weighted by molar-refractivity contribution is -0.142. The molecule has 1 atom stereocenters. The predicted octanol–water partition coefficient (Wildman–Crippen LogP) is 2.65. The normalized spacial score (nSPS) is 18.2. The molecule has 0 fully saturated rings. The van der Waals surface area contributed by atoms with E-state index in [2.05, 4.69) is 28.1 Å². The zero-order valence-electron chi connectivity index (χ0n) is 9.33. The fraction of sp³-hybridized carbons (Fsp3) is 0.462. The molecule has 0 saturated carbocycles. The number of carbonyl (C=O) groups is 1. The molecule has 0 heterocycles. The van der Waals surface area contributed by atoms with Gasteiger partial charge in [-0.1, -0.05) is 34.1 Å². The van der Waals surface area contributed by atoms with Crippen LogP contribution in [0.2, 0.25) is 0 Å². The molecular formula is C13H15BrO2. The van der Waals surface area contributed by atoms with E-state index in [0.29, 0.717) is 17.9 Å². The highest BCUT2D eigenvalue weighted by atomic mass is 79.9. The largest absolute Gasteiger partial charge is 0.466 e. The van der Waals surface area contributed by atoms with Gasteiger partial charge < -0.3 is 4.74 Å². The van der Waals surface area contributed by atoms with E-state index in [-0.39, 0.29) is 5.97 Å². The summed E-state index contributed by atoms with van der Waals surface area (Å²) in [7, 11) is 0. The molecule has 0 aromatic heterocycles. The van der Waals surface area contributed by atoms with Gasteiger partial charge in [-0.25, -0.2) is 0 Å². The molecule has 1 unspecified atom stereocenters. The monoisotopic (exact) mass is 282 g/mol. The maximum absolute atomic E-state index is 11.3. The van der Waals surface area contributed by atoms with Crippen molar-refractivity contribution < 1.29 is 9.53 Å². The fourth-order valence-corrected chi connectivity index (χ4v) is 2.80. The molecule has 1 aromatic carbocycles. The van der Waals surface area contributed by atoms with E-state index < -0.39 is 0 Å². The number of hydrogen-bond acceptors (Lipinski definition) is 2. The van der Waals surface area contributed by atoms with Gasteiger partial charge in [0, 0.05) is 4.83 Å². The maximum Gasteiger partial charge on any atom is 0.310 e. The van der Waals surface area contributed by atoms with Crippen molar-refractivity contribution in [1.82, 2.24) is 0 Å². The molecule has 16 heavy (non-hydrogen) atoms. The Morgan fingerprint density at radius 2 is 2.19 bits per heavy atom. The zero-order valence-corrected chi connectivity index (χ0v) is 10.9. The zero-order chi connectivity index (χ0) is 11.5. The van der Waals surface area contributed by atoms with Gasteiger partial charge in [-0.3, -0.25) is 4.79 Å². The molecular weight excluding hydrogens is 268 g/mol. The molecule has 1 aliphatic rings. The van der Waals surface area contributed by atoms with Crippen molar-refractivity contribution in [2.24, 2.45) is 0 Å². The van der Waals surface area contributed by atoms with E-state index in [4.69, 9.17) is 4.74 Å². The topological polar surface area (TPSA) is 26.3 Å². The molecule has 2 rings (SSSR count). The summed E-state index contributed by atoms with van der Waals surface area (Å²) in [6, 6.07) is 6.29. The van der Waals surface area contributed by atoms with Crippen molar-refractivity contribution in [2.75, 3.05) is 6.61 Å². The lowest BCUT2D eigenvalue weighted by Gasteiger charge is -2.04. The molecule has 86 valence electrons. The summed E-state index contributed by atoms with van der Waals surface area (Å²) in [6.45, 7) is 2.28. The van der Waals surface area contributed by atoms with Crippen molar-refractivity contribution in [3.8, 4) is 0 Å². The standard InChI is InChI=1S/C13H15BrO2/c1-2-16-13(15)6-9-3-4-10-7-12(14)8-11(10)5-9/h3-5,12H,2,6-8H2,1H3. The van der Waals surface area contributed by atoms with Crippen molar-refractivity contribution >= 4 is 21.9 Å². The van der Waals surface area contributed by atoms with Crippen LogP contribution in [-0.4, -0.2) is 17.4 Å². The van der Waals surface area contributed by atoms with Crippen LogP contribution in [0.5, 0.6) is 0 Å². The predicted molar refractivity (Wildman–Crippen MR) is 66.9 cm³/mol. The average molecular weight is 283 g/mol. The maximum atomic E-state index is 11.3. The smallest absolute Gasteiger partial charge is 0.310 e. The van der Waals surface area contributed by atoms with Crippen LogP contribution < -0.4 is 0 Å². The van der Waals surface area contributed by atoms with Gasteiger partial charge in [-0.15, -0.1) is 0 Å². The third-order valence-electron chi connectivity index (χ3n) is 2.81. The highest BCUT2D eigenvalue weighted by molar-refractivity contribution is 9.09. The van der Waals surface area contributed by atoms with Crippen LogP contribution in [-0.2, 0) is 28.8 Å². The van der Waals surface area contributed by atoms with Crippen molar-refractivity contribution in [3.05, 3.63) is 34.9 Å². The lowest BCUT2D eigenvalue weighted by Crippen LogP contribution is -2.07. The Balaban J connectivity index is 2.08.